The molecule has 0 unspecified atom stereocenters. The molecular formula is C24H32FN3O4S. The Morgan fingerprint density at radius 2 is 1.73 bits per heavy atom. The highest BCUT2D eigenvalue weighted by Crippen LogP contribution is 2.22. The molecule has 9 heteroatoms. The van der Waals surface area contributed by atoms with E-state index in [0.717, 1.165) is 21.7 Å². The predicted molar refractivity (Wildman–Crippen MR) is 128 cm³/mol. The van der Waals surface area contributed by atoms with Crippen molar-refractivity contribution >= 4 is 27.5 Å². The molecule has 2 amide bonds. The highest BCUT2D eigenvalue weighted by molar-refractivity contribution is 7.92. The van der Waals surface area contributed by atoms with Crippen LogP contribution in [0.1, 0.15) is 37.8 Å². The molecule has 180 valence electrons. The number of amides is 2. The summed E-state index contributed by atoms with van der Waals surface area (Å²) in [6.07, 6.45) is 1.19. The summed E-state index contributed by atoms with van der Waals surface area (Å²) in [6, 6.07) is 12.5. The monoisotopic (exact) mass is 477 g/mol. The zero-order chi connectivity index (χ0) is 24.6. The third kappa shape index (κ3) is 7.28. The molecule has 0 aliphatic heterocycles. The van der Waals surface area contributed by atoms with E-state index in [9.17, 15) is 22.4 Å². The van der Waals surface area contributed by atoms with E-state index >= 15 is 0 Å². The Morgan fingerprint density at radius 3 is 2.33 bits per heavy atom. The van der Waals surface area contributed by atoms with Crippen LogP contribution in [-0.4, -0.2) is 50.5 Å². The smallest absolute Gasteiger partial charge is 0.242 e. The van der Waals surface area contributed by atoms with E-state index in [2.05, 4.69) is 5.32 Å². The van der Waals surface area contributed by atoms with Crippen molar-refractivity contribution in [1.82, 2.24) is 10.2 Å². The molecule has 7 nitrogen and oxygen atoms in total. The first kappa shape index (κ1) is 26.3. The molecular weight excluding hydrogens is 445 g/mol. The first-order valence-electron chi connectivity index (χ1n) is 10.9. The van der Waals surface area contributed by atoms with E-state index in [0.29, 0.717) is 6.54 Å². The number of carbonyl (C=O) groups is 2. The van der Waals surface area contributed by atoms with Crippen LogP contribution in [0, 0.1) is 12.7 Å². The van der Waals surface area contributed by atoms with Gasteiger partial charge in [0.2, 0.25) is 21.8 Å². The lowest BCUT2D eigenvalue weighted by molar-refractivity contribution is -0.140. The molecule has 0 spiro atoms. The van der Waals surface area contributed by atoms with Crippen molar-refractivity contribution in [2.75, 3.05) is 23.7 Å². The first-order valence-corrected chi connectivity index (χ1v) is 12.7. The van der Waals surface area contributed by atoms with Crippen molar-refractivity contribution in [2.45, 2.75) is 46.2 Å². The Hall–Kier alpha value is -2.94. The molecule has 0 radical (unpaired) electrons. The van der Waals surface area contributed by atoms with Gasteiger partial charge in [0, 0.05) is 26.1 Å². The number of aryl methyl sites for hydroxylation is 1. The van der Waals surface area contributed by atoms with Crippen molar-refractivity contribution < 1.29 is 22.4 Å². The summed E-state index contributed by atoms with van der Waals surface area (Å²) in [5.74, 6) is -1.19. The second-order valence-corrected chi connectivity index (χ2v) is 9.82. The summed E-state index contributed by atoms with van der Waals surface area (Å²) in [7, 11) is -3.75. The maximum absolute atomic E-state index is 14.2. The van der Waals surface area contributed by atoms with Gasteiger partial charge in [-0.1, -0.05) is 36.4 Å². The Morgan fingerprint density at radius 1 is 1.09 bits per heavy atom. The number of anilines is 1. The molecule has 2 aromatic rings. The Kier molecular flexibility index (Phi) is 9.40. The summed E-state index contributed by atoms with van der Waals surface area (Å²) in [5, 5.41) is 2.74. The van der Waals surface area contributed by atoms with E-state index in [-0.39, 0.29) is 43.4 Å². The molecule has 0 saturated heterocycles. The van der Waals surface area contributed by atoms with Crippen molar-refractivity contribution in [3.63, 3.8) is 0 Å². The molecule has 1 atom stereocenters. The molecule has 1 N–H and O–H groups in total. The summed E-state index contributed by atoms with van der Waals surface area (Å²) in [5.41, 5.74) is 1.87. The number of halogens is 1. The lowest BCUT2D eigenvalue weighted by Crippen LogP contribution is -2.47. The van der Waals surface area contributed by atoms with Gasteiger partial charge < -0.3 is 10.2 Å². The number of carbonyl (C=O) groups excluding carboxylic acids is 2. The molecule has 2 rings (SSSR count). The second-order valence-electron chi connectivity index (χ2n) is 7.91. The SMILES string of the molecule is CCNC(=O)[C@H](C)N(Cc1ccccc1C)C(=O)CCCN(c1ccccc1F)S(C)(=O)=O. The predicted octanol–water partition coefficient (Wildman–Crippen LogP) is 3.23. The van der Waals surface area contributed by atoms with Crippen LogP contribution in [0.15, 0.2) is 48.5 Å². The van der Waals surface area contributed by atoms with Crippen LogP contribution in [0.3, 0.4) is 0 Å². The van der Waals surface area contributed by atoms with Crippen molar-refractivity contribution in [1.29, 1.82) is 0 Å². The van der Waals surface area contributed by atoms with Crippen LogP contribution in [0.5, 0.6) is 0 Å². The maximum Gasteiger partial charge on any atom is 0.242 e. The zero-order valence-corrected chi connectivity index (χ0v) is 20.4. The highest BCUT2D eigenvalue weighted by atomic mass is 32.2. The van der Waals surface area contributed by atoms with Gasteiger partial charge in [0.1, 0.15) is 11.9 Å². The molecule has 33 heavy (non-hydrogen) atoms. The minimum absolute atomic E-state index is 0.0100. The number of rotatable bonds is 11. The summed E-state index contributed by atoms with van der Waals surface area (Å²) >= 11 is 0. The van der Waals surface area contributed by atoms with Crippen LogP contribution < -0.4 is 9.62 Å². The number of nitrogens with zero attached hydrogens (tertiary/aromatic N) is 2. The first-order chi connectivity index (χ1) is 15.6. The van der Waals surface area contributed by atoms with Gasteiger partial charge in [-0.2, -0.15) is 0 Å². The summed E-state index contributed by atoms with van der Waals surface area (Å²) < 4.78 is 39.7. The van der Waals surface area contributed by atoms with Crippen LogP contribution in [-0.2, 0) is 26.2 Å². The number of benzene rings is 2. The number of sulfonamides is 1. The fraction of sp³-hybridized carbons (Fsp3) is 0.417. The van der Waals surface area contributed by atoms with Crippen molar-refractivity contribution in [3.05, 3.63) is 65.5 Å². The average Bonchev–Trinajstić information content (AvgIpc) is 2.75. The van der Waals surface area contributed by atoms with Crippen molar-refractivity contribution in [2.24, 2.45) is 0 Å². The van der Waals surface area contributed by atoms with Gasteiger partial charge in [-0.15, -0.1) is 0 Å². The fourth-order valence-electron chi connectivity index (χ4n) is 3.51. The van der Waals surface area contributed by atoms with E-state index in [1.165, 1.54) is 23.1 Å². The number of hydrogen-bond acceptors (Lipinski definition) is 4. The minimum Gasteiger partial charge on any atom is -0.355 e. The molecule has 0 aliphatic carbocycles. The van der Waals surface area contributed by atoms with Crippen molar-refractivity contribution in [3.8, 4) is 0 Å². The fourth-order valence-corrected chi connectivity index (χ4v) is 4.48. The molecule has 0 aliphatic rings. The van der Waals surface area contributed by atoms with Gasteiger partial charge in [0.25, 0.3) is 0 Å². The minimum atomic E-state index is -3.75. The number of para-hydroxylation sites is 1. The third-order valence-electron chi connectivity index (χ3n) is 5.39. The lowest BCUT2D eigenvalue weighted by Gasteiger charge is -2.30. The average molecular weight is 478 g/mol. The van der Waals surface area contributed by atoms with E-state index in [1.807, 2.05) is 31.2 Å². The molecule has 0 aromatic heterocycles. The summed E-state index contributed by atoms with van der Waals surface area (Å²) in [6.45, 7) is 6.06. The highest BCUT2D eigenvalue weighted by Gasteiger charge is 2.27. The maximum atomic E-state index is 14.2. The number of nitrogens with one attached hydrogen (secondary N) is 1. The summed E-state index contributed by atoms with van der Waals surface area (Å²) in [4.78, 5) is 27.1. The van der Waals surface area contributed by atoms with Gasteiger partial charge in [-0.25, -0.2) is 12.8 Å². The van der Waals surface area contributed by atoms with Gasteiger partial charge in [-0.3, -0.25) is 13.9 Å². The molecule has 2 aromatic carbocycles. The Balaban J connectivity index is 2.18. The van der Waals surface area contributed by atoms with E-state index < -0.39 is 21.9 Å². The normalized spacial score (nSPS) is 12.2. The lowest BCUT2D eigenvalue weighted by atomic mass is 10.1. The zero-order valence-electron chi connectivity index (χ0n) is 19.5. The quantitative estimate of drug-likeness (QED) is 0.538. The van der Waals surface area contributed by atoms with E-state index in [4.69, 9.17) is 0 Å². The molecule has 0 saturated carbocycles. The largest absolute Gasteiger partial charge is 0.355 e. The topological polar surface area (TPSA) is 86.8 Å². The molecule has 0 heterocycles. The van der Waals surface area contributed by atoms with Gasteiger partial charge in [0.05, 0.1) is 11.9 Å². The van der Waals surface area contributed by atoms with Crippen LogP contribution in [0.2, 0.25) is 0 Å². The molecule has 0 fully saturated rings. The van der Waals surface area contributed by atoms with Gasteiger partial charge in [-0.05, 0) is 50.5 Å². The van der Waals surface area contributed by atoms with Gasteiger partial charge in [0.15, 0.2) is 0 Å². The van der Waals surface area contributed by atoms with Gasteiger partial charge >= 0.3 is 0 Å². The Bertz CT molecular complexity index is 1070. The standard InChI is InChI=1S/C24H32FN3O4S/c1-5-26-24(30)19(3)27(17-20-12-7-6-11-18(20)2)23(29)15-10-16-28(33(4,31)32)22-14-9-8-13-21(22)25/h6-9,11-14,19H,5,10,15-17H2,1-4H3,(H,26,30)/t19-/m0/s1. The third-order valence-corrected chi connectivity index (χ3v) is 6.57. The van der Waals surface area contributed by atoms with Crippen LogP contribution in [0.25, 0.3) is 0 Å². The number of likely N-dealkylation sites (N-methyl/N-ethyl adjacent to an activating group) is 1. The van der Waals surface area contributed by atoms with Crippen LogP contribution >= 0.6 is 0 Å². The van der Waals surface area contributed by atoms with E-state index in [1.54, 1.807) is 19.9 Å². The second kappa shape index (κ2) is 11.8. The molecule has 0 bridgehead atoms. The number of hydrogen-bond donors (Lipinski definition) is 1. The van der Waals surface area contributed by atoms with Crippen LogP contribution in [0.4, 0.5) is 10.1 Å². The Labute approximate surface area is 195 Å².